The van der Waals surface area contributed by atoms with Crippen molar-refractivity contribution in [1.82, 2.24) is 4.90 Å². The standard InChI is InChI=1S/C32H40N4O3/c1-20-29(34-26-11-6-22(19-33)7-12-26)27-18-25(10-13-28(27)36(21(2)37)30(20)24-8-9-24)23-14-16-35(17-15-23)31(38)39-32(3,4)5/h6-7,10-13,18,20,23-24,29-30,34H,8-9,14-17H2,1-5H3/t20-,29-,30-/m1/s1. The maximum atomic E-state index is 13.0. The maximum absolute atomic E-state index is 13.0. The first-order valence-corrected chi connectivity index (χ1v) is 14.2. The minimum atomic E-state index is -0.499. The molecule has 3 atom stereocenters. The number of nitrogens with one attached hydrogen (secondary N) is 1. The van der Waals surface area contributed by atoms with E-state index in [-0.39, 0.29) is 30.0 Å². The lowest BCUT2D eigenvalue weighted by Gasteiger charge is -2.46. The van der Waals surface area contributed by atoms with E-state index in [0.29, 0.717) is 30.5 Å². The van der Waals surface area contributed by atoms with Crippen LogP contribution < -0.4 is 10.2 Å². The Morgan fingerprint density at radius 1 is 1.03 bits per heavy atom. The fourth-order valence-corrected chi connectivity index (χ4v) is 6.38. The van der Waals surface area contributed by atoms with Gasteiger partial charge in [-0.1, -0.05) is 19.1 Å². The Hall–Kier alpha value is -3.53. The van der Waals surface area contributed by atoms with Gasteiger partial charge in [0, 0.05) is 43.3 Å². The van der Waals surface area contributed by atoms with Crippen LogP contribution in [0.3, 0.4) is 0 Å². The van der Waals surface area contributed by atoms with E-state index in [0.717, 1.165) is 42.6 Å². The number of amides is 2. The second-order valence-corrected chi connectivity index (χ2v) is 12.4. The Bertz CT molecular complexity index is 1260. The topological polar surface area (TPSA) is 85.7 Å². The van der Waals surface area contributed by atoms with Gasteiger partial charge >= 0.3 is 6.09 Å². The van der Waals surface area contributed by atoms with Gasteiger partial charge in [-0.2, -0.15) is 5.26 Å². The summed E-state index contributed by atoms with van der Waals surface area (Å²) < 4.78 is 5.58. The maximum Gasteiger partial charge on any atom is 0.410 e. The summed E-state index contributed by atoms with van der Waals surface area (Å²) in [7, 11) is 0. The third kappa shape index (κ3) is 5.75. The molecule has 0 unspecified atom stereocenters. The van der Waals surface area contributed by atoms with E-state index >= 15 is 0 Å². The first kappa shape index (κ1) is 27.1. The van der Waals surface area contributed by atoms with Gasteiger partial charge in [0.1, 0.15) is 5.60 Å². The number of rotatable bonds is 4. The van der Waals surface area contributed by atoms with Crippen LogP contribution in [0.25, 0.3) is 0 Å². The molecule has 2 amide bonds. The molecule has 1 saturated carbocycles. The zero-order valence-electron chi connectivity index (χ0n) is 23.7. The molecule has 3 aliphatic rings. The number of anilines is 2. The smallest absolute Gasteiger partial charge is 0.410 e. The largest absolute Gasteiger partial charge is 0.444 e. The molecular formula is C32H40N4O3. The SMILES string of the molecule is CC(=O)N1c2ccc(C3CCN(C(=O)OC(C)(C)C)CC3)cc2[C@H](Nc2ccc(C#N)cc2)[C@@H](C)[C@@H]1C1CC1. The van der Waals surface area contributed by atoms with Gasteiger partial charge in [-0.3, -0.25) is 4.79 Å². The normalized spacial score (nSPS) is 23.5. The summed E-state index contributed by atoms with van der Waals surface area (Å²) in [6.45, 7) is 11.0. The molecule has 7 nitrogen and oxygen atoms in total. The Labute approximate surface area is 232 Å². The summed E-state index contributed by atoms with van der Waals surface area (Å²) in [6.07, 6.45) is 3.83. The monoisotopic (exact) mass is 528 g/mol. The first-order valence-electron chi connectivity index (χ1n) is 14.2. The third-order valence-corrected chi connectivity index (χ3v) is 8.41. The minimum Gasteiger partial charge on any atom is -0.444 e. The Morgan fingerprint density at radius 2 is 1.69 bits per heavy atom. The number of carbonyl (C=O) groups excluding carboxylic acids is 2. The highest BCUT2D eigenvalue weighted by Crippen LogP contribution is 2.50. The molecule has 0 aromatic heterocycles. The number of hydrogen-bond donors (Lipinski definition) is 1. The number of benzene rings is 2. The molecule has 1 aliphatic carbocycles. The van der Waals surface area contributed by atoms with Gasteiger partial charge in [0.25, 0.3) is 0 Å². The summed E-state index contributed by atoms with van der Waals surface area (Å²) >= 11 is 0. The average Bonchev–Trinajstić information content (AvgIpc) is 3.74. The van der Waals surface area contributed by atoms with E-state index in [1.807, 2.05) is 54.8 Å². The van der Waals surface area contributed by atoms with Crippen molar-refractivity contribution in [3.63, 3.8) is 0 Å². The van der Waals surface area contributed by atoms with Crippen molar-refractivity contribution < 1.29 is 14.3 Å². The van der Waals surface area contributed by atoms with Crippen molar-refractivity contribution in [2.24, 2.45) is 11.8 Å². The lowest BCUT2D eigenvalue weighted by atomic mass is 9.78. The van der Waals surface area contributed by atoms with E-state index in [2.05, 4.69) is 36.5 Å². The summed E-state index contributed by atoms with van der Waals surface area (Å²) in [6, 6.07) is 16.6. The number of ether oxygens (including phenoxy) is 1. The van der Waals surface area contributed by atoms with Crippen molar-refractivity contribution in [2.75, 3.05) is 23.3 Å². The van der Waals surface area contributed by atoms with Gasteiger partial charge in [-0.25, -0.2) is 4.79 Å². The summed E-state index contributed by atoms with van der Waals surface area (Å²) in [5.74, 6) is 1.18. The molecule has 5 rings (SSSR count). The van der Waals surface area contributed by atoms with Gasteiger partial charge in [-0.05, 0) is 99.7 Å². The zero-order chi connectivity index (χ0) is 27.9. The van der Waals surface area contributed by atoms with Gasteiger partial charge in [0.2, 0.25) is 5.91 Å². The number of hydrogen-bond acceptors (Lipinski definition) is 5. The van der Waals surface area contributed by atoms with Crippen LogP contribution in [0.15, 0.2) is 42.5 Å². The Balaban J connectivity index is 1.43. The molecule has 2 heterocycles. The molecule has 2 aromatic rings. The number of carbonyl (C=O) groups is 2. The Morgan fingerprint density at radius 3 is 2.26 bits per heavy atom. The molecule has 0 radical (unpaired) electrons. The fourth-order valence-electron chi connectivity index (χ4n) is 6.38. The van der Waals surface area contributed by atoms with Crippen LogP contribution in [0.1, 0.15) is 89.0 Å². The second kappa shape index (κ2) is 10.6. The predicted molar refractivity (Wildman–Crippen MR) is 153 cm³/mol. The summed E-state index contributed by atoms with van der Waals surface area (Å²) in [5.41, 5.74) is 4.51. The first-order chi connectivity index (χ1) is 18.6. The molecule has 1 saturated heterocycles. The van der Waals surface area contributed by atoms with Gasteiger partial charge in [0.15, 0.2) is 0 Å². The highest BCUT2D eigenvalue weighted by molar-refractivity contribution is 5.94. The Kier molecular flexibility index (Phi) is 7.33. The number of likely N-dealkylation sites (tertiary alicyclic amines) is 1. The second-order valence-electron chi connectivity index (χ2n) is 12.4. The van der Waals surface area contributed by atoms with E-state index in [1.54, 1.807) is 6.92 Å². The van der Waals surface area contributed by atoms with E-state index in [9.17, 15) is 14.9 Å². The van der Waals surface area contributed by atoms with Crippen LogP contribution in [0.2, 0.25) is 0 Å². The van der Waals surface area contributed by atoms with Crippen molar-refractivity contribution in [3.05, 3.63) is 59.2 Å². The zero-order valence-corrected chi connectivity index (χ0v) is 23.7. The van der Waals surface area contributed by atoms with Crippen molar-refractivity contribution in [3.8, 4) is 6.07 Å². The number of fused-ring (bicyclic) bond motifs is 1. The molecule has 2 aromatic carbocycles. The molecule has 39 heavy (non-hydrogen) atoms. The highest BCUT2D eigenvalue weighted by Gasteiger charge is 2.47. The third-order valence-electron chi connectivity index (χ3n) is 8.41. The quantitative estimate of drug-likeness (QED) is 0.483. The van der Waals surface area contributed by atoms with Crippen molar-refractivity contribution in [1.29, 1.82) is 5.26 Å². The van der Waals surface area contributed by atoms with Crippen LogP contribution >= 0.6 is 0 Å². The predicted octanol–water partition coefficient (Wildman–Crippen LogP) is 6.61. The van der Waals surface area contributed by atoms with Gasteiger partial charge in [0.05, 0.1) is 17.7 Å². The number of piperidine rings is 1. The molecule has 7 heteroatoms. The molecule has 2 fully saturated rings. The van der Waals surface area contributed by atoms with E-state index in [1.165, 1.54) is 5.56 Å². The summed E-state index contributed by atoms with van der Waals surface area (Å²) in [5, 5.41) is 13.0. The van der Waals surface area contributed by atoms with E-state index < -0.39 is 5.60 Å². The highest BCUT2D eigenvalue weighted by atomic mass is 16.6. The molecule has 0 spiro atoms. The minimum absolute atomic E-state index is 0.0379. The van der Waals surface area contributed by atoms with Gasteiger partial charge < -0.3 is 19.9 Å². The van der Waals surface area contributed by atoms with Crippen LogP contribution in [0.5, 0.6) is 0 Å². The lowest BCUT2D eigenvalue weighted by Crippen LogP contribution is -2.51. The van der Waals surface area contributed by atoms with Crippen LogP contribution in [0, 0.1) is 23.2 Å². The number of nitrogens with zero attached hydrogens (tertiary/aromatic N) is 3. The lowest BCUT2D eigenvalue weighted by molar-refractivity contribution is -0.117. The van der Waals surface area contributed by atoms with Crippen LogP contribution in [-0.4, -0.2) is 41.6 Å². The molecule has 1 N–H and O–H groups in total. The molecule has 206 valence electrons. The number of nitriles is 1. The molecule has 0 bridgehead atoms. The van der Waals surface area contributed by atoms with Crippen LogP contribution in [-0.2, 0) is 9.53 Å². The van der Waals surface area contributed by atoms with E-state index in [4.69, 9.17) is 4.74 Å². The van der Waals surface area contributed by atoms with Crippen molar-refractivity contribution in [2.45, 2.75) is 83.9 Å². The van der Waals surface area contributed by atoms with Gasteiger partial charge in [-0.15, -0.1) is 0 Å². The average molecular weight is 529 g/mol. The van der Waals surface area contributed by atoms with Crippen molar-refractivity contribution >= 4 is 23.4 Å². The van der Waals surface area contributed by atoms with Crippen LogP contribution in [0.4, 0.5) is 16.2 Å². The molecule has 2 aliphatic heterocycles. The molecular weight excluding hydrogens is 488 g/mol. The fraction of sp³-hybridized carbons (Fsp3) is 0.531. The summed E-state index contributed by atoms with van der Waals surface area (Å²) in [4.78, 5) is 29.4.